The Hall–Kier alpha value is -2.43. The molecule has 0 aliphatic carbocycles. The van der Waals surface area contributed by atoms with Gasteiger partial charge in [-0.15, -0.1) is 0 Å². The van der Waals surface area contributed by atoms with Gasteiger partial charge < -0.3 is 10.6 Å². The largest absolute Gasteiger partial charge is 0.396 e. The molecule has 21 heavy (non-hydrogen) atoms. The molecule has 0 aliphatic heterocycles. The van der Waals surface area contributed by atoms with Crippen molar-refractivity contribution in [1.82, 2.24) is 4.90 Å². The third kappa shape index (κ3) is 3.37. The van der Waals surface area contributed by atoms with Crippen molar-refractivity contribution in [2.24, 2.45) is 0 Å². The second kappa shape index (κ2) is 5.91. The predicted octanol–water partition coefficient (Wildman–Crippen LogP) is 3.13. The van der Waals surface area contributed by atoms with Gasteiger partial charge >= 0.3 is 0 Å². The van der Waals surface area contributed by atoms with Gasteiger partial charge in [0.25, 0.3) is 5.91 Å². The average Bonchev–Trinajstić information content (AvgIpc) is 2.44. The van der Waals surface area contributed by atoms with Gasteiger partial charge in [0.05, 0.1) is 11.3 Å². The molecule has 0 saturated carbocycles. The minimum atomic E-state index is -0.892. The van der Waals surface area contributed by atoms with Crippen LogP contribution in [0.2, 0.25) is 0 Å². The molecule has 0 saturated heterocycles. The molecule has 2 N–H and O–H groups in total. The molecule has 0 radical (unpaired) electrons. The van der Waals surface area contributed by atoms with E-state index in [0.29, 0.717) is 6.54 Å². The van der Waals surface area contributed by atoms with Crippen LogP contribution in [0, 0.1) is 18.6 Å². The number of halogens is 2. The first-order chi connectivity index (χ1) is 9.88. The van der Waals surface area contributed by atoms with E-state index in [4.69, 9.17) is 5.73 Å². The van der Waals surface area contributed by atoms with E-state index < -0.39 is 17.5 Å². The number of rotatable bonds is 3. The number of anilines is 1. The maximum Gasteiger partial charge on any atom is 0.257 e. The van der Waals surface area contributed by atoms with Crippen LogP contribution < -0.4 is 5.73 Å². The van der Waals surface area contributed by atoms with E-state index in [-0.39, 0.29) is 11.3 Å². The zero-order valence-corrected chi connectivity index (χ0v) is 11.9. The van der Waals surface area contributed by atoms with Gasteiger partial charge in [0.1, 0.15) is 5.82 Å². The summed E-state index contributed by atoms with van der Waals surface area (Å²) in [6.07, 6.45) is 0. The van der Waals surface area contributed by atoms with Crippen LogP contribution in [0.25, 0.3) is 0 Å². The first-order valence-electron chi connectivity index (χ1n) is 6.44. The second-order valence-corrected chi connectivity index (χ2v) is 5.00. The number of nitrogens with two attached hydrogens (primary N) is 1. The minimum Gasteiger partial charge on any atom is -0.396 e. The van der Waals surface area contributed by atoms with Crippen molar-refractivity contribution in [3.63, 3.8) is 0 Å². The van der Waals surface area contributed by atoms with Gasteiger partial charge in [-0.1, -0.05) is 29.8 Å². The summed E-state index contributed by atoms with van der Waals surface area (Å²) in [5.74, 6) is -2.24. The van der Waals surface area contributed by atoms with E-state index in [2.05, 4.69) is 0 Å². The number of carbonyl (C=O) groups excluding carboxylic acids is 1. The lowest BCUT2D eigenvalue weighted by Gasteiger charge is -2.18. The first-order valence-corrected chi connectivity index (χ1v) is 6.44. The molecule has 0 aromatic heterocycles. The van der Waals surface area contributed by atoms with Gasteiger partial charge in [-0.05, 0) is 24.6 Å². The highest BCUT2D eigenvalue weighted by molar-refractivity contribution is 5.95. The predicted molar refractivity (Wildman–Crippen MR) is 77.7 cm³/mol. The number of nitrogens with zero attached hydrogens (tertiary/aromatic N) is 1. The molecule has 0 spiro atoms. The van der Waals surface area contributed by atoms with E-state index in [1.54, 1.807) is 0 Å². The fourth-order valence-corrected chi connectivity index (χ4v) is 2.01. The summed E-state index contributed by atoms with van der Waals surface area (Å²) in [5.41, 5.74) is 6.62. The van der Waals surface area contributed by atoms with Crippen molar-refractivity contribution in [3.8, 4) is 0 Å². The smallest absolute Gasteiger partial charge is 0.257 e. The molecular weight excluding hydrogens is 274 g/mol. The number of amides is 1. The van der Waals surface area contributed by atoms with E-state index >= 15 is 0 Å². The Kier molecular flexibility index (Phi) is 4.21. The van der Waals surface area contributed by atoms with Crippen molar-refractivity contribution in [1.29, 1.82) is 0 Å². The van der Waals surface area contributed by atoms with Crippen LogP contribution in [0.4, 0.5) is 14.5 Å². The summed E-state index contributed by atoms with van der Waals surface area (Å²) in [6.45, 7) is 2.26. The maximum atomic E-state index is 13.8. The highest BCUT2D eigenvalue weighted by Crippen LogP contribution is 2.19. The quantitative estimate of drug-likeness (QED) is 0.883. The Morgan fingerprint density at radius 3 is 2.43 bits per heavy atom. The van der Waals surface area contributed by atoms with Crippen LogP contribution in [-0.2, 0) is 6.54 Å². The summed E-state index contributed by atoms with van der Waals surface area (Å²) in [5, 5.41) is 0. The van der Waals surface area contributed by atoms with Crippen LogP contribution in [-0.4, -0.2) is 17.9 Å². The van der Waals surface area contributed by atoms with Crippen LogP contribution in [0.3, 0.4) is 0 Å². The van der Waals surface area contributed by atoms with Crippen molar-refractivity contribution in [2.45, 2.75) is 13.5 Å². The lowest BCUT2D eigenvalue weighted by atomic mass is 10.1. The SMILES string of the molecule is Cc1ccc(CN(C)C(=O)c2cc(F)cc(N)c2F)cc1. The Morgan fingerprint density at radius 2 is 1.81 bits per heavy atom. The van der Waals surface area contributed by atoms with Crippen molar-refractivity contribution < 1.29 is 13.6 Å². The molecule has 5 heteroatoms. The highest BCUT2D eigenvalue weighted by Gasteiger charge is 2.19. The molecule has 0 atom stereocenters. The van der Waals surface area contributed by atoms with Crippen LogP contribution in [0.1, 0.15) is 21.5 Å². The van der Waals surface area contributed by atoms with Gasteiger partial charge in [0, 0.05) is 13.6 Å². The second-order valence-electron chi connectivity index (χ2n) is 5.00. The maximum absolute atomic E-state index is 13.8. The zero-order chi connectivity index (χ0) is 15.6. The molecule has 0 aliphatic rings. The summed E-state index contributed by atoms with van der Waals surface area (Å²) in [6, 6.07) is 9.33. The van der Waals surface area contributed by atoms with Crippen LogP contribution in [0.15, 0.2) is 36.4 Å². The van der Waals surface area contributed by atoms with E-state index in [9.17, 15) is 13.6 Å². The van der Waals surface area contributed by atoms with Gasteiger partial charge in [-0.25, -0.2) is 8.78 Å². The molecule has 0 unspecified atom stereocenters. The van der Waals surface area contributed by atoms with E-state index in [0.717, 1.165) is 23.3 Å². The Balaban J connectivity index is 2.21. The number of hydrogen-bond acceptors (Lipinski definition) is 2. The molecule has 2 aromatic rings. The van der Waals surface area contributed by atoms with Crippen molar-refractivity contribution in [3.05, 3.63) is 64.7 Å². The number of benzene rings is 2. The molecule has 0 fully saturated rings. The fraction of sp³-hybridized carbons (Fsp3) is 0.188. The van der Waals surface area contributed by atoms with Gasteiger partial charge in [0.15, 0.2) is 5.82 Å². The molecule has 2 rings (SSSR count). The minimum absolute atomic E-state index is 0.301. The highest BCUT2D eigenvalue weighted by atomic mass is 19.1. The van der Waals surface area contributed by atoms with Gasteiger partial charge in [-0.2, -0.15) is 0 Å². The first kappa shape index (κ1) is 15.0. The fourth-order valence-electron chi connectivity index (χ4n) is 2.01. The molecule has 3 nitrogen and oxygen atoms in total. The molecule has 0 bridgehead atoms. The normalized spacial score (nSPS) is 10.5. The Bertz CT molecular complexity index is 669. The van der Waals surface area contributed by atoms with Gasteiger partial charge in [-0.3, -0.25) is 4.79 Å². The summed E-state index contributed by atoms with van der Waals surface area (Å²) in [7, 11) is 1.53. The molecule has 110 valence electrons. The van der Waals surface area contributed by atoms with Crippen LogP contribution >= 0.6 is 0 Å². The topological polar surface area (TPSA) is 46.3 Å². The van der Waals surface area contributed by atoms with Crippen LogP contribution in [0.5, 0.6) is 0 Å². The lowest BCUT2D eigenvalue weighted by molar-refractivity contribution is 0.0780. The van der Waals surface area contributed by atoms with E-state index in [1.807, 2.05) is 31.2 Å². The molecular formula is C16H16F2N2O. The number of aryl methyl sites for hydroxylation is 1. The Morgan fingerprint density at radius 1 is 1.19 bits per heavy atom. The molecule has 0 heterocycles. The monoisotopic (exact) mass is 290 g/mol. The third-order valence-electron chi connectivity index (χ3n) is 3.18. The average molecular weight is 290 g/mol. The van der Waals surface area contributed by atoms with Crippen molar-refractivity contribution in [2.75, 3.05) is 12.8 Å². The van der Waals surface area contributed by atoms with E-state index in [1.165, 1.54) is 11.9 Å². The number of carbonyl (C=O) groups is 1. The molecule has 1 amide bonds. The lowest BCUT2D eigenvalue weighted by Crippen LogP contribution is -2.27. The van der Waals surface area contributed by atoms with Gasteiger partial charge in [0.2, 0.25) is 0 Å². The third-order valence-corrected chi connectivity index (χ3v) is 3.18. The standard InChI is InChI=1S/C16H16F2N2O/c1-10-3-5-11(6-4-10)9-20(2)16(21)13-7-12(17)8-14(19)15(13)18/h3-8H,9,19H2,1-2H3. The number of hydrogen-bond donors (Lipinski definition) is 1. The van der Waals surface area contributed by atoms with Crippen molar-refractivity contribution >= 4 is 11.6 Å². The zero-order valence-electron chi connectivity index (χ0n) is 11.9. The summed E-state index contributed by atoms with van der Waals surface area (Å²) < 4.78 is 27.1. The number of nitrogen functional groups attached to an aromatic ring is 1. The summed E-state index contributed by atoms with van der Waals surface area (Å²) >= 11 is 0. The Labute approximate surface area is 122 Å². The molecule has 2 aromatic carbocycles. The summed E-state index contributed by atoms with van der Waals surface area (Å²) in [4.78, 5) is 13.5.